The van der Waals surface area contributed by atoms with Crippen LogP contribution in [0.15, 0.2) is 10.3 Å². The van der Waals surface area contributed by atoms with E-state index in [4.69, 9.17) is 5.11 Å². The van der Waals surface area contributed by atoms with E-state index in [0.29, 0.717) is 12.1 Å². The fraction of sp³-hybridized carbons (Fsp3) is 0.545. The van der Waals surface area contributed by atoms with E-state index >= 15 is 0 Å². The van der Waals surface area contributed by atoms with Crippen molar-refractivity contribution in [3.05, 3.63) is 15.8 Å². The van der Waals surface area contributed by atoms with Gasteiger partial charge in [0.05, 0.1) is 0 Å². The highest BCUT2D eigenvalue weighted by atomic mass is 32.2. The van der Waals surface area contributed by atoms with Gasteiger partial charge in [-0.3, -0.25) is 0 Å². The normalized spacial score (nSPS) is 21.3. The maximum Gasteiger partial charge on any atom is 0.347 e. The molecule has 2 rings (SSSR count). The highest BCUT2D eigenvalue weighted by Gasteiger charge is 2.37. The summed E-state index contributed by atoms with van der Waals surface area (Å²) in [6.45, 7) is 3.96. The second-order valence-electron chi connectivity index (χ2n) is 4.49. The van der Waals surface area contributed by atoms with E-state index < -0.39 is 16.0 Å². The number of sulfonamides is 1. The van der Waals surface area contributed by atoms with Crippen LogP contribution in [0.25, 0.3) is 0 Å². The van der Waals surface area contributed by atoms with Crippen LogP contribution in [0.1, 0.15) is 35.0 Å². The van der Waals surface area contributed by atoms with Gasteiger partial charge in [0.1, 0.15) is 9.77 Å². The number of rotatable bonds is 3. The van der Waals surface area contributed by atoms with Crippen molar-refractivity contribution < 1.29 is 18.3 Å². The average molecular weight is 289 g/mol. The van der Waals surface area contributed by atoms with Gasteiger partial charge in [0.2, 0.25) is 10.0 Å². The van der Waals surface area contributed by atoms with Crippen molar-refractivity contribution >= 4 is 27.3 Å². The average Bonchev–Trinajstić information content (AvgIpc) is 2.84. The minimum absolute atomic E-state index is 0.0336. The molecule has 0 aromatic carbocycles. The monoisotopic (exact) mass is 289 g/mol. The summed E-state index contributed by atoms with van der Waals surface area (Å²) in [5.41, 5.74) is 0.511. The largest absolute Gasteiger partial charge is 0.477 e. The van der Waals surface area contributed by atoms with Crippen LogP contribution in [0, 0.1) is 6.92 Å². The van der Waals surface area contributed by atoms with Gasteiger partial charge in [-0.2, -0.15) is 4.31 Å². The van der Waals surface area contributed by atoms with Crippen LogP contribution in [-0.2, 0) is 10.0 Å². The van der Waals surface area contributed by atoms with Crippen LogP contribution in [0.5, 0.6) is 0 Å². The summed E-state index contributed by atoms with van der Waals surface area (Å²) in [7, 11) is -3.69. The number of carboxylic acids is 1. The molecule has 1 atom stereocenters. The molecular weight excluding hydrogens is 274 g/mol. The van der Waals surface area contributed by atoms with Crippen LogP contribution in [0.4, 0.5) is 0 Å². The standard InChI is InChI=1S/C11H15NO4S2/c1-7-6-17-9(11(13)14)10(7)18(15,16)12-5-3-4-8(12)2/h6,8H,3-5H2,1-2H3,(H,13,14). The molecule has 1 aliphatic rings. The minimum Gasteiger partial charge on any atom is -0.477 e. The molecule has 0 aliphatic carbocycles. The summed E-state index contributed by atoms with van der Waals surface area (Å²) in [5.74, 6) is -1.18. The summed E-state index contributed by atoms with van der Waals surface area (Å²) >= 11 is 0.966. The topological polar surface area (TPSA) is 74.7 Å². The van der Waals surface area contributed by atoms with E-state index in [1.165, 1.54) is 4.31 Å². The van der Waals surface area contributed by atoms with Crippen molar-refractivity contribution in [3.8, 4) is 0 Å². The lowest BCUT2D eigenvalue weighted by molar-refractivity contribution is 0.0698. The van der Waals surface area contributed by atoms with E-state index in [2.05, 4.69) is 0 Å². The number of hydrogen-bond donors (Lipinski definition) is 1. The lowest BCUT2D eigenvalue weighted by Gasteiger charge is -2.21. The summed E-state index contributed by atoms with van der Waals surface area (Å²) in [4.78, 5) is 11.0. The summed E-state index contributed by atoms with van der Waals surface area (Å²) in [5, 5.41) is 10.7. The second kappa shape index (κ2) is 4.64. The number of thiophene rings is 1. The first kappa shape index (κ1) is 13.5. The van der Waals surface area contributed by atoms with Crippen molar-refractivity contribution in [1.82, 2.24) is 4.31 Å². The van der Waals surface area contributed by atoms with E-state index in [9.17, 15) is 13.2 Å². The van der Waals surface area contributed by atoms with Crippen LogP contribution >= 0.6 is 11.3 Å². The van der Waals surface area contributed by atoms with Crippen molar-refractivity contribution in [2.75, 3.05) is 6.54 Å². The predicted molar refractivity (Wildman–Crippen MR) is 68.6 cm³/mol. The fourth-order valence-electron chi connectivity index (χ4n) is 2.28. The maximum absolute atomic E-state index is 12.5. The zero-order chi connectivity index (χ0) is 13.5. The molecule has 1 N–H and O–H groups in total. The SMILES string of the molecule is Cc1csc(C(=O)O)c1S(=O)(=O)N1CCCC1C. The number of hydrogen-bond acceptors (Lipinski definition) is 4. The molecule has 7 heteroatoms. The Morgan fingerprint density at radius 2 is 2.22 bits per heavy atom. The number of carboxylic acid groups (broad SMARTS) is 1. The maximum atomic E-state index is 12.5. The molecule has 1 aliphatic heterocycles. The highest BCUT2D eigenvalue weighted by Crippen LogP contribution is 2.33. The molecule has 1 aromatic rings. The number of carbonyl (C=O) groups is 1. The summed E-state index contributed by atoms with van der Waals surface area (Å²) in [6.07, 6.45) is 1.65. The summed E-state index contributed by atoms with van der Waals surface area (Å²) < 4.78 is 26.5. The van der Waals surface area contributed by atoms with Gasteiger partial charge in [-0.15, -0.1) is 11.3 Å². The van der Waals surface area contributed by atoms with Gasteiger partial charge < -0.3 is 5.11 Å². The van der Waals surface area contributed by atoms with Gasteiger partial charge in [-0.1, -0.05) is 0 Å². The molecule has 1 unspecified atom stereocenters. The lowest BCUT2D eigenvalue weighted by Crippen LogP contribution is -2.34. The smallest absolute Gasteiger partial charge is 0.347 e. The molecule has 0 saturated carbocycles. The van der Waals surface area contributed by atoms with Gasteiger partial charge >= 0.3 is 5.97 Å². The predicted octanol–water partition coefficient (Wildman–Crippen LogP) is 1.93. The molecule has 1 aromatic heterocycles. The Morgan fingerprint density at radius 1 is 1.56 bits per heavy atom. The molecular formula is C11H15NO4S2. The highest BCUT2D eigenvalue weighted by molar-refractivity contribution is 7.89. The third-order valence-corrected chi connectivity index (χ3v) is 6.59. The quantitative estimate of drug-likeness (QED) is 0.922. The van der Waals surface area contributed by atoms with E-state index in [0.717, 1.165) is 24.2 Å². The Hall–Kier alpha value is -0.920. The number of aromatic carboxylic acids is 1. The fourth-order valence-corrected chi connectivity index (χ4v) is 5.57. The third kappa shape index (κ3) is 2.06. The lowest BCUT2D eigenvalue weighted by atomic mass is 10.3. The molecule has 0 amide bonds. The molecule has 100 valence electrons. The molecule has 0 bridgehead atoms. The molecule has 1 fully saturated rings. The molecule has 2 heterocycles. The zero-order valence-corrected chi connectivity index (χ0v) is 11.8. The third-order valence-electron chi connectivity index (χ3n) is 3.17. The van der Waals surface area contributed by atoms with Gasteiger partial charge in [-0.05, 0) is 37.6 Å². The summed E-state index contributed by atoms with van der Waals surface area (Å²) in [6, 6.07) is -0.0593. The first-order valence-electron chi connectivity index (χ1n) is 5.69. The van der Waals surface area contributed by atoms with Gasteiger partial charge in [0.15, 0.2) is 0 Å². The number of nitrogens with zero attached hydrogens (tertiary/aromatic N) is 1. The first-order valence-corrected chi connectivity index (χ1v) is 8.01. The molecule has 18 heavy (non-hydrogen) atoms. The van der Waals surface area contributed by atoms with Gasteiger partial charge in [0.25, 0.3) is 0 Å². The van der Waals surface area contributed by atoms with Crippen molar-refractivity contribution in [2.24, 2.45) is 0 Å². The second-order valence-corrected chi connectivity index (χ2v) is 7.20. The van der Waals surface area contributed by atoms with Crippen LogP contribution in [0.3, 0.4) is 0 Å². The minimum atomic E-state index is -3.69. The molecule has 5 nitrogen and oxygen atoms in total. The van der Waals surface area contributed by atoms with Crippen LogP contribution in [-0.4, -0.2) is 36.4 Å². The van der Waals surface area contributed by atoms with E-state index in [1.54, 1.807) is 12.3 Å². The number of aryl methyl sites for hydroxylation is 1. The van der Waals surface area contributed by atoms with E-state index in [1.807, 2.05) is 6.92 Å². The first-order chi connectivity index (χ1) is 8.35. The Morgan fingerprint density at radius 3 is 2.72 bits per heavy atom. The Kier molecular flexibility index (Phi) is 3.48. The molecule has 0 spiro atoms. The van der Waals surface area contributed by atoms with Crippen molar-refractivity contribution in [2.45, 2.75) is 37.6 Å². The molecule has 1 saturated heterocycles. The van der Waals surface area contributed by atoms with Crippen LogP contribution < -0.4 is 0 Å². The Labute approximate surface area is 110 Å². The van der Waals surface area contributed by atoms with Crippen molar-refractivity contribution in [1.29, 1.82) is 0 Å². The van der Waals surface area contributed by atoms with Gasteiger partial charge in [0, 0.05) is 12.6 Å². The Bertz CT molecular complexity index is 576. The Balaban J connectivity index is 2.54. The van der Waals surface area contributed by atoms with Crippen molar-refractivity contribution in [3.63, 3.8) is 0 Å². The van der Waals surface area contributed by atoms with E-state index in [-0.39, 0.29) is 15.8 Å². The molecule has 0 radical (unpaired) electrons. The zero-order valence-electron chi connectivity index (χ0n) is 10.2. The van der Waals surface area contributed by atoms with Gasteiger partial charge in [-0.25, -0.2) is 13.2 Å². The van der Waals surface area contributed by atoms with Crippen LogP contribution in [0.2, 0.25) is 0 Å².